The third kappa shape index (κ3) is 3.42. The molecule has 2 aromatic carbocycles. The van der Waals surface area contributed by atoms with Crippen molar-refractivity contribution in [2.45, 2.75) is 6.67 Å². The summed E-state index contributed by atoms with van der Waals surface area (Å²) >= 11 is 0. The van der Waals surface area contributed by atoms with E-state index in [2.05, 4.69) is 10.3 Å². The standard InChI is InChI=1S/C19H12F4N2O/c20-10-17-13(5-3-7-24-17)19(26)25-16-6-2-1-4-12(16)11-8-14(21)18(23)15(22)9-11/h1-9H,10H2,(H,25,26). The summed E-state index contributed by atoms with van der Waals surface area (Å²) in [5.41, 5.74) is 0.581. The van der Waals surface area contributed by atoms with E-state index in [0.717, 1.165) is 12.1 Å². The van der Waals surface area contributed by atoms with Crippen molar-refractivity contribution in [2.75, 3.05) is 5.32 Å². The van der Waals surface area contributed by atoms with Gasteiger partial charge in [0.15, 0.2) is 17.5 Å². The molecule has 0 radical (unpaired) electrons. The molecule has 3 aromatic rings. The number of carbonyl (C=O) groups excluding carboxylic acids is 1. The number of nitrogens with one attached hydrogen (secondary N) is 1. The van der Waals surface area contributed by atoms with Crippen LogP contribution < -0.4 is 5.32 Å². The van der Waals surface area contributed by atoms with Crippen LogP contribution in [0.3, 0.4) is 0 Å². The van der Waals surface area contributed by atoms with Crippen LogP contribution in [0.4, 0.5) is 23.2 Å². The van der Waals surface area contributed by atoms with Gasteiger partial charge < -0.3 is 5.32 Å². The van der Waals surface area contributed by atoms with E-state index in [0.29, 0.717) is 0 Å². The fourth-order valence-corrected chi connectivity index (χ4v) is 2.50. The number of benzene rings is 2. The Bertz CT molecular complexity index is 952. The van der Waals surface area contributed by atoms with Crippen LogP contribution in [0, 0.1) is 17.5 Å². The maximum absolute atomic E-state index is 13.5. The molecule has 0 fully saturated rings. The molecular formula is C19H12F4N2O. The van der Waals surface area contributed by atoms with E-state index in [1.54, 1.807) is 12.1 Å². The van der Waals surface area contributed by atoms with Crippen LogP contribution in [-0.4, -0.2) is 10.9 Å². The molecule has 0 unspecified atom stereocenters. The molecule has 132 valence electrons. The Kier molecular flexibility index (Phi) is 4.97. The molecule has 0 bridgehead atoms. The Hall–Kier alpha value is -3.22. The summed E-state index contributed by atoms with van der Waals surface area (Å²) in [5, 5.41) is 2.57. The van der Waals surface area contributed by atoms with Crippen LogP contribution in [0.1, 0.15) is 16.1 Å². The van der Waals surface area contributed by atoms with Crippen LogP contribution in [0.5, 0.6) is 0 Å². The van der Waals surface area contributed by atoms with E-state index in [4.69, 9.17) is 0 Å². The Morgan fingerprint density at radius 2 is 1.69 bits per heavy atom. The summed E-state index contributed by atoms with van der Waals surface area (Å²) in [7, 11) is 0. The number of hydrogen-bond acceptors (Lipinski definition) is 2. The van der Waals surface area contributed by atoms with Crippen LogP contribution >= 0.6 is 0 Å². The largest absolute Gasteiger partial charge is 0.321 e. The molecule has 1 amide bonds. The SMILES string of the molecule is O=C(Nc1ccccc1-c1cc(F)c(F)c(F)c1)c1cccnc1CF. The molecular weight excluding hydrogens is 348 g/mol. The molecule has 3 rings (SSSR count). The molecule has 0 aliphatic rings. The van der Waals surface area contributed by atoms with Gasteiger partial charge in [0.2, 0.25) is 0 Å². The fourth-order valence-electron chi connectivity index (χ4n) is 2.50. The monoisotopic (exact) mass is 360 g/mol. The van der Waals surface area contributed by atoms with Gasteiger partial charge >= 0.3 is 0 Å². The second-order valence-corrected chi connectivity index (χ2v) is 5.38. The number of carbonyl (C=O) groups is 1. The van der Waals surface area contributed by atoms with E-state index in [9.17, 15) is 22.4 Å². The predicted molar refractivity (Wildman–Crippen MR) is 88.8 cm³/mol. The van der Waals surface area contributed by atoms with Gasteiger partial charge in [-0.2, -0.15) is 0 Å². The first kappa shape index (κ1) is 17.6. The van der Waals surface area contributed by atoms with Crippen molar-refractivity contribution in [2.24, 2.45) is 0 Å². The maximum Gasteiger partial charge on any atom is 0.257 e. The number of nitrogens with zero attached hydrogens (tertiary/aromatic N) is 1. The molecule has 1 N–H and O–H groups in total. The first-order valence-electron chi connectivity index (χ1n) is 7.56. The minimum atomic E-state index is -1.57. The molecule has 0 atom stereocenters. The minimum absolute atomic E-state index is 0.0265. The minimum Gasteiger partial charge on any atom is -0.321 e. The van der Waals surface area contributed by atoms with Gasteiger partial charge in [0.1, 0.15) is 6.67 Å². The van der Waals surface area contributed by atoms with E-state index in [1.807, 2.05) is 0 Å². The molecule has 1 aromatic heterocycles. The highest BCUT2D eigenvalue weighted by molar-refractivity contribution is 6.06. The number of anilines is 1. The van der Waals surface area contributed by atoms with Crippen molar-refractivity contribution in [1.82, 2.24) is 4.98 Å². The first-order valence-corrected chi connectivity index (χ1v) is 7.56. The van der Waals surface area contributed by atoms with Gasteiger partial charge in [0.05, 0.1) is 11.3 Å². The number of pyridine rings is 1. The number of rotatable bonds is 4. The summed E-state index contributed by atoms with van der Waals surface area (Å²) in [6.45, 7) is -0.917. The molecule has 7 heteroatoms. The zero-order chi connectivity index (χ0) is 18.7. The number of aromatic nitrogens is 1. The van der Waals surface area contributed by atoms with E-state index >= 15 is 0 Å². The smallest absolute Gasteiger partial charge is 0.257 e. The fraction of sp³-hybridized carbons (Fsp3) is 0.0526. The average Bonchev–Trinajstić information content (AvgIpc) is 2.66. The Morgan fingerprint density at radius 1 is 1.00 bits per heavy atom. The van der Waals surface area contributed by atoms with Crippen molar-refractivity contribution < 1.29 is 22.4 Å². The number of halogens is 4. The highest BCUT2D eigenvalue weighted by Crippen LogP contribution is 2.30. The molecule has 3 nitrogen and oxygen atoms in total. The van der Waals surface area contributed by atoms with Gasteiger partial charge in [-0.25, -0.2) is 17.6 Å². The van der Waals surface area contributed by atoms with Crippen molar-refractivity contribution in [3.8, 4) is 11.1 Å². The Morgan fingerprint density at radius 3 is 2.38 bits per heavy atom. The summed E-state index contributed by atoms with van der Waals surface area (Å²) in [4.78, 5) is 16.2. The van der Waals surface area contributed by atoms with Crippen LogP contribution in [0.2, 0.25) is 0 Å². The van der Waals surface area contributed by atoms with E-state index < -0.39 is 30.0 Å². The van der Waals surface area contributed by atoms with Crippen LogP contribution in [0.15, 0.2) is 54.7 Å². The summed E-state index contributed by atoms with van der Waals surface area (Å²) < 4.78 is 53.2. The first-order chi connectivity index (χ1) is 12.5. The second-order valence-electron chi connectivity index (χ2n) is 5.38. The van der Waals surface area contributed by atoms with Gasteiger partial charge in [-0.15, -0.1) is 0 Å². The number of alkyl halides is 1. The van der Waals surface area contributed by atoms with Crippen molar-refractivity contribution in [3.63, 3.8) is 0 Å². The normalized spacial score (nSPS) is 10.6. The molecule has 1 heterocycles. The molecule has 0 saturated heterocycles. The number of hydrogen-bond donors (Lipinski definition) is 1. The van der Waals surface area contributed by atoms with Gasteiger partial charge in [-0.3, -0.25) is 9.78 Å². The summed E-state index contributed by atoms with van der Waals surface area (Å²) in [6.07, 6.45) is 1.36. The summed E-state index contributed by atoms with van der Waals surface area (Å²) in [5.74, 6) is -4.87. The molecule has 0 saturated carbocycles. The highest BCUT2D eigenvalue weighted by atomic mass is 19.2. The second kappa shape index (κ2) is 7.35. The lowest BCUT2D eigenvalue weighted by Crippen LogP contribution is -2.15. The lowest BCUT2D eigenvalue weighted by molar-refractivity contribution is 0.102. The van der Waals surface area contributed by atoms with E-state index in [-0.39, 0.29) is 28.1 Å². The number of para-hydroxylation sites is 1. The molecule has 26 heavy (non-hydrogen) atoms. The van der Waals surface area contributed by atoms with E-state index in [1.165, 1.54) is 30.5 Å². The van der Waals surface area contributed by atoms with Crippen LogP contribution in [-0.2, 0) is 6.67 Å². The zero-order valence-electron chi connectivity index (χ0n) is 13.3. The molecule has 0 aliphatic carbocycles. The highest BCUT2D eigenvalue weighted by Gasteiger charge is 2.17. The van der Waals surface area contributed by atoms with Crippen molar-refractivity contribution in [3.05, 3.63) is 83.4 Å². The number of amides is 1. The third-order valence-electron chi connectivity index (χ3n) is 3.73. The van der Waals surface area contributed by atoms with Crippen molar-refractivity contribution in [1.29, 1.82) is 0 Å². The van der Waals surface area contributed by atoms with Gasteiger partial charge in [0.25, 0.3) is 5.91 Å². The predicted octanol–water partition coefficient (Wildman–Crippen LogP) is 4.89. The van der Waals surface area contributed by atoms with Crippen molar-refractivity contribution >= 4 is 11.6 Å². The van der Waals surface area contributed by atoms with Gasteiger partial charge in [0, 0.05) is 17.4 Å². The Labute approximate surface area is 146 Å². The quantitative estimate of drug-likeness (QED) is 0.532. The zero-order valence-corrected chi connectivity index (χ0v) is 13.3. The lowest BCUT2D eigenvalue weighted by Gasteiger charge is -2.13. The average molecular weight is 360 g/mol. The molecule has 0 aliphatic heterocycles. The molecule has 0 spiro atoms. The maximum atomic E-state index is 13.5. The Balaban J connectivity index is 1.99. The lowest BCUT2D eigenvalue weighted by atomic mass is 10.0. The topological polar surface area (TPSA) is 42.0 Å². The third-order valence-corrected chi connectivity index (χ3v) is 3.73. The van der Waals surface area contributed by atoms with Crippen LogP contribution in [0.25, 0.3) is 11.1 Å². The van der Waals surface area contributed by atoms with Gasteiger partial charge in [-0.05, 0) is 35.9 Å². The van der Waals surface area contributed by atoms with Gasteiger partial charge in [-0.1, -0.05) is 18.2 Å². The summed E-state index contributed by atoms with van der Waals surface area (Å²) in [6, 6.07) is 10.8.